The van der Waals surface area contributed by atoms with E-state index in [2.05, 4.69) is 31.4 Å². The van der Waals surface area contributed by atoms with Gasteiger partial charge in [-0.1, -0.05) is 0 Å². The Kier molecular flexibility index (Phi) is 5.14. The van der Waals surface area contributed by atoms with Crippen molar-refractivity contribution in [2.45, 2.75) is 26.8 Å². The summed E-state index contributed by atoms with van der Waals surface area (Å²) in [5.41, 5.74) is 0.830. The van der Waals surface area contributed by atoms with Gasteiger partial charge in [-0.05, 0) is 36.2 Å². The predicted octanol–water partition coefficient (Wildman–Crippen LogP) is 1.72. The first kappa shape index (κ1) is 17.1. The number of nitro groups is 1. The fourth-order valence-electron chi connectivity index (χ4n) is 2.25. The molecule has 2 heterocycles. The molecule has 0 aromatic carbocycles. The number of hydrogen-bond acceptors (Lipinski definition) is 5. The summed E-state index contributed by atoms with van der Waals surface area (Å²) in [4.78, 5) is 22.7. The van der Waals surface area contributed by atoms with Crippen LogP contribution in [0.15, 0.2) is 10.7 Å². The Morgan fingerprint density at radius 3 is 2.65 bits per heavy atom. The van der Waals surface area contributed by atoms with Crippen molar-refractivity contribution in [2.24, 2.45) is 7.05 Å². The molecule has 0 aliphatic rings. The maximum atomic E-state index is 12.2. The van der Waals surface area contributed by atoms with Crippen LogP contribution < -0.4 is 5.32 Å². The minimum Gasteiger partial charge on any atom is -0.350 e. The second-order valence-electron chi connectivity index (χ2n) is 5.10. The van der Waals surface area contributed by atoms with E-state index in [0.717, 1.165) is 10.2 Å². The van der Waals surface area contributed by atoms with Crippen LogP contribution in [0.5, 0.6) is 0 Å². The highest BCUT2D eigenvalue weighted by molar-refractivity contribution is 9.10. The van der Waals surface area contributed by atoms with Crippen molar-refractivity contribution in [1.82, 2.24) is 24.9 Å². The molecule has 124 valence electrons. The van der Waals surface area contributed by atoms with E-state index in [1.807, 2.05) is 13.1 Å². The quantitative estimate of drug-likeness (QED) is 0.463. The van der Waals surface area contributed by atoms with Crippen molar-refractivity contribution in [3.63, 3.8) is 0 Å². The molecule has 0 radical (unpaired) electrons. The molecule has 23 heavy (non-hydrogen) atoms. The molecule has 0 aliphatic carbocycles. The van der Waals surface area contributed by atoms with Crippen molar-refractivity contribution in [1.29, 1.82) is 0 Å². The topological polar surface area (TPSA) is 108 Å². The maximum Gasteiger partial charge on any atom is 0.322 e. The van der Waals surface area contributed by atoms with E-state index in [-0.39, 0.29) is 17.1 Å². The van der Waals surface area contributed by atoms with E-state index in [1.54, 1.807) is 4.68 Å². The number of carbonyl (C=O) groups is 1. The highest BCUT2D eigenvalue weighted by atomic mass is 79.9. The van der Waals surface area contributed by atoms with Crippen LogP contribution in [0.2, 0.25) is 0 Å². The molecule has 2 aromatic heterocycles. The van der Waals surface area contributed by atoms with Crippen molar-refractivity contribution >= 4 is 27.5 Å². The third-order valence-corrected chi connectivity index (χ3v) is 4.10. The van der Waals surface area contributed by atoms with Gasteiger partial charge in [0.05, 0.1) is 15.1 Å². The summed E-state index contributed by atoms with van der Waals surface area (Å²) in [5, 5.41) is 22.0. The molecule has 10 heteroatoms. The van der Waals surface area contributed by atoms with Crippen LogP contribution in [0.25, 0.3) is 0 Å². The van der Waals surface area contributed by atoms with E-state index >= 15 is 0 Å². The molecule has 2 aromatic rings. The molecule has 0 aliphatic heterocycles. The first-order valence-corrected chi connectivity index (χ1v) is 7.76. The van der Waals surface area contributed by atoms with E-state index in [4.69, 9.17) is 0 Å². The number of aryl methyl sites for hydroxylation is 4. The van der Waals surface area contributed by atoms with Crippen molar-refractivity contribution in [2.75, 3.05) is 6.54 Å². The molecule has 0 unspecified atom stereocenters. The minimum atomic E-state index is -0.582. The molecule has 2 rings (SSSR count). The number of hydrogen-bond donors (Lipinski definition) is 1. The number of aromatic nitrogens is 4. The summed E-state index contributed by atoms with van der Waals surface area (Å²) in [6.45, 7) is 4.43. The largest absolute Gasteiger partial charge is 0.350 e. The van der Waals surface area contributed by atoms with Crippen molar-refractivity contribution in [3.05, 3.63) is 37.9 Å². The lowest BCUT2D eigenvalue weighted by Crippen LogP contribution is -2.28. The summed E-state index contributed by atoms with van der Waals surface area (Å²) in [6, 6.07) is 0. The number of carbonyl (C=O) groups excluding carboxylic acids is 1. The normalized spacial score (nSPS) is 10.8. The number of nitrogens with zero attached hydrogens (tertiary/aromatic N) is 5. The van der Waals surface area contributed by atoms with Crippen LogP contribution in [0.1, 0.15) is 28.3 Å². The van der Waals surface area contributed by atoms with Crippen LogP contribution >= 0.6 is 15.9 Å². The molecule has 0 spiro atoms. The standard InChI is InChI=1S/C13H17BrN6O3/c1-8-10(14)7-19(17-8)6-4-5-15-13(21)12-11(20(22)23)9(2)16-18(12)3/h7H,4-6H2,1-3H3,(H,15,21). The van der Waals surface area contributed by atoms with E-state index in [0.29, 0.717) is 19.5 Å². The van der Waals surface area contributed by atoms with Gasteiger partial charge in [0.25, 0.3) is 5.91 Å². The SMILES string of the molecule is Cc1nn(CCCNC(=O)c2c([N+](=O)[O-])c(C)nn2C)cc1Br. The van der Waals surface area contributed by atoms with Gasteiger partial charge in [-0.2, -0.15) is 10.2 Å². The van der Waals surface area contributed by atoms with Crippen LogP contribution in [0, 0.1) is 24.0 Å². The minimum absolute atomic E-state index is 0.0369. The lowest BCUT2D eigenvalue weighted by Gasteiger charge is -2.05. The van der Waals surface area contributed by atoms with Gasteiger partial charge in [-0.25, -0.2) is 0 Å². The summed E-state index contributed by atoms with van der Waals surface area (Å²) in [6.07, 6.45) is 2.52. The first-order valence-electron chi connectivity index (χ1n) is 6.97. The molecule has 0 atom stereocenters. The molecule has 0 bridgehead atoms. The summed E-state index contributed by atoms with van der Waals surface area (Å²) in [5.74, 6) is -0.502. The van der Waals surface area contributed by atoms with Crippen LogP contribution in [-0.4, -0.2) is 36.9 Å². The number of amides is 1. The Morgan fingerprint density at radius 1 is 1.39 bits per heavy atom. The van der Waals surface area contributed by atoms with Gasteiger partial charge < -0.3 is 5.32 Å². The number of nitrogens with one attached hydrogen (secondary N) is 1. The summed E-state index contributed by atoms with van der Waals surface area (Å²) >= 11 is 3.38. The molecule has 1 amide bonds. The first-order chi connectivity index (χ1) is 10.8. The smallest absolute Gasteiger partial charge is 0.322 e. The number of halogens is 1. The Bertz CT molecular complexity index is 732. The van der Waals surface area contributed by atoms with Gasteiger partial charge >= 0.3 is 5.69 Å². The van der Waals surface area contributed by atoms with Gasteiger partial charge in [-0.3, -0.25) is 24.3 Å². The highest BCUT2D eigenvalue weighted by Gasteiger charge is 2.28. The van der Waals surface area contributed by atoms with Gasteiger partial charge in [0, 0.05) is 26.3 Å². The summed E-state index contributed by atoms with van der Waals surface area (Å²) in [7, 11) is 1.51. The third-order valence-electron chi connectivity index (χ3n) is 3.32. The number of rotatable bonds is 6. The highest BCUT2D eigenvalue weighted by Crippen LogP contribution is 2.21. The molecule has 0 fully saturated rings. The van der Waals surface area contributed by atoms with E-state index in [1.165, 1.54) is 18.7 Å². The van der Waals surface area contributed by atoms with Crippen molar-refractivity contribution in [3.8, 4) is 0 Å². The average molecular weight is 385 g/mol. The molecule has 1 N–H and O–H groups in total. The second kappa shape index (κ2) is 6.90. The van der Waals surface area contributed by atoms with Gasteiger partial charge in [0.15, 0.2) is 0 Å². The fourth-order valence-corrected chi connectivity index (χ4v) is 2.57. The molecular weight excluding hydrogens is 368 g/mol. The lowest BCUT2D eigenvalue weighted by atomic mass is 10.3. The van der Waals surface area contributed by atoms with Gasteiger partial charge in [0.1, 0.15) is 5.69 Å². The molecule has 9 nitrogen and oxygen atoms in total. The Balaban J connectivity index is 1.94. The van der Waals surface area contributed by atoms with E-state index in [9.17, 15) is 14.9 Å². The molecular formula is C13H17BrN6O3. The van der Waals surface area contributed by atoms with Crippen molar-refractivity contribution < 1.29 is 9.72 Å². The predicted molar refractivity (Wildman–Crippen MR) is 86.2 cm³/mol. The van der Waals surface area contributed by atoms with Gasteiger partial charge in [0.2, 0.25) is 5.69 Å². The zero-order chi connectivity index (χ0) is 17.1. The monoisotopic (exact) mass is 384 g/mol. The Labute approximate surface area is 140 Å². The summed E-state index contributed by atoms with van der Waals surface area (Å²) < 4.78 is 3.95. The third kappa shape index (κ3) is 3.76. The van der Waals surface area contributed by atoms with Crippen LogP contribution in [-0.2, 0) is 13.6 Å². The van der Waals surface area contributed by atoms with E-state index < -0.39 is 10.8 Å². The fraction of sp³-hybridized carbons (Fsp3) is 0.462. The van der Waals surface area contributed by atoms with Crippen LogP contribution in [0.3, 0.4) is 0 Å². The molecule has 0 saturated heterocycles. The lowest BCUT2D eigenvalue weighted by molar-refractivity contribution is -0.385. The Morgan fingerprint density at radius 2 is 2.09 bits per heavy atom. The van der Waals surface area contributed by atoms with Crippen LogP contribution in [0.4, 0.5) is 5.69 Å². The maximum absolute atomic E-state index is 12.2. The second-order valence-corrected chi connectivity index (χ2v) is 5.95. The Hall–Kier alpha value is -2.23. The molecule has 0 saturated carbocycles. The average Bonchev–Trinajstić information content (AvgIpc) is 2.94. The van der Waals surface area contributed by atoms with Gasteiger partial charge in [-0.15, -0.1) is 0 Å². The zero-order valence-corrected chi connectivity index (χ0v) is 14.6. The zero-order valence-electron chi connectivity index (χ0n) is 13.0.